The normalized spacial score (nSPS) is 17.1. The zero-order valence-electron chi connectivity index (χ0n) is 13.5. The Morgan fingerprint density at radius 1 is 1.32 bits per heavy atom. The SMILES string of the molecule is CCn1c(C)cc(/C=C2/SC(=O)N(CCCOC)C2=O)c1C. The van der Waals surface area contributed by atoms with E-state index in [0.717, 1.165) is 35.3 Å². The van der Waals surface area contributed by atoms with Gasteiger partial charge in [0.2, 0.25) is 0 Å². The molecule has 0 spiro atoms. The number of carbonyl (C=O) groups is 2. The van der Waals surface area contributed by atoms with Crippen LogP contribution >= 0.6 is 11.8 Å². The van der Waals surface area contributed by atoms with Crippen molar-refractivity contribution in [3.8, 4) is 0 Å². The van der Waals surface area contributed by atoms with Crippen LogP contribution in [-0.4, -0.2) is 40.9 Å². The third-order valence-corrected chi connectivity index (χ3v) is 4.73. The smallest absolute Gasteiger partial charge is 0.293 e. The van der Waals surface area contributed by atoms with Crippen molar-refractivity contribution < 1.29 is 14.3 Å². The van der Waals surface area contributed by atoms with Crippen LogP contribution in [0.4, 0.5) is 4.79 Å². The first-order valence-electron chi connectivity index (χ1n) is 7.40. The van der Waals surface area contributed by atoms with E-state index in [1.807, 2.05) is 19.9 Å². The van der Waals surface area contributed by atoms with Crippen LogP contribution < -0.4 is 0 Å². The first kappa shape index (κ1) is 16.8. The molecule has 1 aromatic heterocycles. The second kappa shape index (κ2) is 7.15. The summed E-state index contributed by atoms with van der Waals surface area (Å²) in [5.41, 5.74) is 3.28. The van der Waals surface area contributed by atoms with Crippen molar-refractivity contribution in [2.24, 2.45) is 0 Å². The molecule has 2 heterocycles. The van der Waals surface area contributed by atoms with E-state index in [1.54, 1.807) is 7.11 Å². The monoisotopic (exact) mass is 322 g/mol. The lowest BCUT2D eigenvalue weighted by Crippen LogP contribution is -2.29. The Kier molecular flexibility index (Phi) is 5.47. The second-order valence-electron chi connectivity index (χ2n) is 5.25. The third kappa shape index (κ3) is 3.28. The first-order chi connectivity index (χ1) is 10.5. The molecule has 1 aliphatic rings. The van der Waals surface area contributed by atoms with Gasteiger partial charge in [-0.15, -0.1) is 0 Å². The van der Waals surface area contributed by atoms with Crippen LogP contribution in [0.15, 0.2) is 11.0 Å². The summed E-state index contributed by atoms with van der Waals surface area (Å²) in [7, 11) is 1.61. The predicted octanol–water partition coefficient (Wildman–Crippen LogP) is 3.20. The highest BCUT2D eigenvalue weighted by Crippen LogP contribution is 2.33. The molecule has 6 heteroatoms. The van der Waals surface area contributed by atoms with Gasteiger partial charge in [0.15, 0.2) is 0 Å². The molecule has 1 aromatic rings. The zero-order chi connectivity index (χ0) is 16.3. The maximum Gasteiger partial charge on any atom is 0.293 e. The molecule has 2 rings (SSSR count). The quantitative estimate of drug-likeness (QED) is 0.596. The van der Waals surface area contributed by atoms with Crippen LogP contribution in [0.2, 0.25) is 0 Å². The third-order valence-electron chi connectivity index (χ3n) is 3.82. The molecule has 0 aromatic carbocycles. The standard InChI is InChI=1S/C16H22N2O3S/c1-5-17-11(2)9-13(12(17)3)10-14-15(19)18(16(20)22-14)7-6-8-21-4/h9-10H,5-8H2,1-4H3/b14-10+. The zero-order valence-corrected chi connectivity index (χ0v) is 14.3. The summed E-state index contributed by atoms with van der Waals surface area (Å²) in [5.74, 6) is -0.201. The molecule has 0 N–H and O–H groups in total. The summed E-state index contributed by atoms with van der Waals surface area (Å²) in [6.07, 6.45) is 2.49. The topological polar surface area (TPSA) is 51.5 Å². The molecule has 5 nitrogen and oxygen atoms in total. The lowest BCUT2D eigenvalue weighted by atomic mass is 10.2. The molecular formula is C16H22N2O3S. The molecule has 22 heavy (non-hydrogen) atoms. The van der Waals surface area contributed by atoms with Gasteiger partial charge in [0.05, 0.1) is 4.91 Å². The molecule has 2 amide bonds. The number of aromatic nitrogens is 1. The Hall–Kier alpha value is -1.53. The molecule has 0 bridgehead atoms. The van der Waals surface area contributed by atoms with E-state index in [9.17, 15) is 9.59 Å². The number of hydrogen-bond donors (Lipinski definition) is 0. The first-order valence-corrected chi connectivity index (χ1v) is 8.22. The summed E-state index contributed by atoms with van der Waals surface area (Å²) in [4.78, 5) is 26.1. The van der Waals surface area contributed by atoms with Gasteiger partial charge in [0.25, 0.3) is 11.1 Å². The maximum atomic E-state index is 12.4. The largest absolute Gasteiger partial charge is 0.385 e. The van der Waals surface area contributed by atoms with Gasteiger partial charge >= 0.3 is 0 Å². The van der Waals surface area contributed by atoms with Crippen LogP contribution in [0.1, 0.15) is 30.3 Å². The molecule has 0 aliphatic carbocycles. The number of methoxy groups -OCH3 is 1. The van der Waals surface area contributed by atoms with Gasteiger partial charge < -0.3 is 9.30 Å². The van der Waals surface area contributed by atoms with E-state index >= 15 is 0 Å². The number of ether oxygens (including phenoxy) is 1. The number of rotatable bonds is 6. The highest BCUT2D eigenvalue weighted by molar-refractivity contribution is 8.18. The van der Waals surface area contributed by atoms with Crippen molar-refractivity contribution >= 4 is 29.0 Å². The van der Waals surface area contributed by atoms with Crippen LogP contribution in [0.5, 0.6) is 0 Å². The van der Waals surface area contributed by atoms with E-state index in [1.165, 1.54) is 4.90 Å². The summed E-state index contributed by atoms with van der Waals surface area (Å²) in [6, 6.07) is 2.05. The van der Waals surface area contributed by atoms with Crippen molar-refractivity contribution in [3.05, 3.63) is 27.9 Å². The molecule has 0 saturated carbocycles. The summed E-state index contributed by atoms with van der Waals surface area (Å²) in [6.45, 7) is 8.01. The fourth-order valence-electron chi connectivity index (χ4n) is 2.66. The predicted molar refractivity (Wildman–Crippen MR) is 88.8 cm³/mol. The van der Waals surface area contributed by atoms with Crippen molar-refractivity contribution in [1.82, 2.24) is 9.47 Å². The van der Waals surface area contributed by atoms with Gasteiger partial charge in [-0.25, -0.2) is 0 Å². The maximum absolute atomic E-state index is 12.4. The van der Waals surface area contributed by atoms with Crippen molar-refractivity contribution in [3.63, 3.8) is 0 Å². The van der Waals surface area contributed by atoms with Crippen LogP contribution in [0.25, 0.3) is 6.08 Å². The number of carbonyl (C=O) groups excluding carboxylic acids is 2. The fourth-order valence-corrected chi connectivity index (χ4v) is 3.52. The Bertz CT molecular complexity index is 619. The molecule has 1 fully saturated rings. The number of imide groups is 1. The Morgan fingerprint density at radius 3 is 2.64 bits per heavy atom. The summed E-state index contributed by atoms with van der Waals surface area (Å²) in [5, 5.41) is -0.198. The van der Waals surface area contributed by atoms with E-state index in [-0.39, 0.29) is 11.1 Å². The lowest BCUT2D eigenvalue weighted by Gasteiger charge is -2.11. The van der Waals surface area contributed by atoms with Gasteiger partial charge in [-0.05, 0) is 56.7 Å². The highest BCUT2D eigenvalue weighted by atomic mass is 32.2. The van der Waals surface area contributed by atoms with E-state index in [4.69, 9.17) is 4.74 Å². The molecular weight excluding hydrogens is 300 g/mol. The Balaban J connectivity index is 2.19. The average molecular weight is 322 g/mol. The summed E-state index contributed by atoms with van der Waals surface area (Å²) >= 11 is 1.01. The fraction of sp³-hybridized carbons (Fsp3) is 0.500. The van der Waals surface area contributed by atoms with Gasteiger partial charge in [-0.1, -0.05) is 0 Å². The summed E-state index contributed by atoms with van der Waals surface area (Å²) < 4.78 is 7.15. The molecule has 0 unspecified atom stereocenters. The number of aryl methyl sites for hydroxylation is 1. The van der Waals surface area contributed by atoms with Crippen LogP contribution in [0, 0.1) is 13.8 Å². The Morgan fingerprint density at radius 2 is 2.05 bits per heavy atom. The highest BCUT2D eigenvalue weighted by Gasteiger charge is 2.34. The van der Waals surface area contributed by atoms with Gasteiger partial charge in [0.1, 0.15) is 0 Å². The van der Waals surface area contributed by atoms with Crippen molar-refractivity contribution in [2.45, 2.75) is 33.7 Å². The van der Waals surface area contributed by atoms with Crippen LogP contribution in [0.3, 0.4) is 0 Å². The molecule has 1 saturated heterocycles. The number of nitrogens with zero attached hydrogens (tertiary/aromatic N) is 2. The number of amides is 2. The molecule has 0 radical (unpaired) electrons. The van der Waals surface area contributed by atoms with Gasteiger partial charge in [-0.2, -0.15) is 0 Å². The second-order valence-corrected chi connectivity index (χ2v) is 6.24. The lowest BCUT2D eigenvalue weighted by molar-refractivity contribution is -0.122. The Labute approximate surface area is 135 Å². The number of hydrogen-bond acceptors (Lipinski definition) is 4. The minimum Gasteiger partial charge on any atom is -0.385 e. The molecule has 120 valence electrons. The molecule has 0 atom stereocenters. The average Bonchev–Trinajstić information content (AvgIpc) is 2.90. The van der Waals surface area contributed by atoms with E-state index < -0.39 is 0 Å². The van der Waals surface area contributed by atoms with Gasteiger partial charge in [-0.3, -0.25) is 14.5 Å². The minimum atomic E-state index is -0.201. The van der Waals surface area contributed by atoms with Crippen molar-refractivity contribution in [1.29, 1.82) is 0 Å². The van der Waals surface area contributed by atoms with Gasteiger partial charge in [0, 0.05) is 38.2 Å². The molecule has 1 aliphatic heterocycles. The van der Waals surface area contributed by atoms with Crippen LogP contribution in [-0.2, 0) is 16.1 Å². The van der Waals surface area contributed by atoms with E-state index in [2.05, 4.69) is 17.6 Å². The minimum absolute atomic E-state index is 0.198. The number of thioether (sulfide) groups is 1. The van der Waals surface area contributed by atoms with Crippen molar-refractivity contribution in [2.75, 3.05) is 20.3 Å². The van der Waals surface area contributed by atoms with E-state index in [0.29, 0.717) is 24.5 Å².